The molecule has 0 fully saturated rings. The molecule has 19 heavy (non-hydrogen) atoms. The number of amides is 2. The molecular formula is C12H17BrN4O2. The molecule has 1 aromatic heterocycles. The van der Waals surface area contributed by atoms with Crippen molar-refractivity contribution in [3.63, 3.8) is 0 Å². The fraction of sp³-hybridized carbons (Fsp3) is 0.417. The van der Waals surface area contributed by atoms with Crippen LogP contribution in [0.15, 0.2) is 22.8 Å². The first-order valence-corrected chi connectivity index (χ1v) is 6.62. The summed E-state index contributed by atoms with van der Waals surface area (Å²) >= 11 is 3.26. The number of anilines is 1. The molecule has 6 nitrogen and oxygen atoms in total. The Labute approximate surface area is 120 Å². The highest BCUT2D eigenvalue weighted by molar-refractivity contribution is 9.10. The van der Waals surface area contributed by atoms with Crippen molar-refractivity contribution in [2.45, 2.75) is 6.42 Å². The van der Waals surface area contributed by atoms with Gasteiger partial charge in [0.1, 0.15) is 5.82 Å². The van der Waals surface area contributed by atoms with Crippen molar-refractivity contribution >= 4 is 33.6 Å². The number of carbonyl (C=O) groups is 2. The maximum Gasteiger partial charge on any atom is 0.245 e. The Balaban J connectivity index is 2.42. The topological polar surface area (TPSA) is 74.3 Å². The van der Waals surface area contributed by atoms with E-state index in [2.05, 4.69) is 31.5 Å². The van der Waals surface area contributed by atoms with Crippen LogP contribution in [0, 0.1) is 0 Å². The van der Waals surface area contributed by atoms with Crippen LogP contribution in [0.5, 0.6) is 0 Å². The van der Waals surface area contributed by atoms with E-state index in [0.29, 0.717) is 18.8 Å². The van der Waals surface area contributed by atoms with Gasteiger partial charge in [0.25, 0.3) is 0 Å². The quantitative estimate of drug-likeness (QED) is 0.811. The van der Waals surface area contributed by atoms with E-state index < -0.39 is 0 Å². The molecule has 0 unspecified atom stereocenters. The summed E-state index contributed by atoms with van der Waals surface area (Å²) in [6.45, 7) is 0.610. The number of nitrogens with zero attached hydrogens (tertiary/aromatic N) is 2. The van der Waals surface area contributed by atoms with Crippen molar-refractivity contribution in [1.29, 1.82) is 0 Å². The van der Waals surface area contributed by atoms with E-state index in [-0.39, 0.29) is 18.4 Å². The van der Waals surface area contributed by atoms with Crippen LogP contribution >= 0.6 is 15.9 Å². The summed E-state index contributed by atoms with van der Waals surface area (Å²) in [4.78, 5) is 28.8. The molecule has 0 radical (unpaired) electrons. The highest BCUT2D eigenvalue weighted by Gasteiger charge is 2.12. The van der Waals surface area contributed by atoms with Crippen molar-refractivity contribution in [2.75, 3.05) is 32.5 Å². The Morgan fingerprint density at radius 1 is 1.42 bits per heavy atom. The van der Waals surface area contributed by atoms with Crippen molar-refractivity contribution in [1.82, 2.24) is 15.2 Å². The van der Waals surface area contributed by atoms with E-state index in [9.17, 15) is 9.59 Å². The van der Waals surface area contributed by atoms with Gasteiger partial charge in [-0.25, -0.2) is 4.98 Å². The molecule has 0 bridgehead atoms. The SMILES string of the molecule is CNCCC(=O)N(C)CC(=O)Nc1ccc(Br)cn1. The van der Waals surface area contributed by atoms with Gasteiger partial charge in [-0.2, -0.15) is 0 Å². The predicted molar refractivity (Wildman–Crippen MR) is 76.7 cm³/mol. The van der Waals surface area contributed by atoms with Crippen molar-refractivity contribution < 1.29 is 9.59 Å². The van der Waals surface area contributed by atoms with Gasteiger partial charge >= 0.3 is 0 Å². The maximum atomic E-state index is 11.7. The van der Waals surface area contributed by atoms with E-state index in [1.165, 1.54) is 4.90 Å². The Morgan fingerprint density at radius 3 is 2.74 bits per heavy atom. The van der Waals surface area contributed by atoms with E-state index >= 15 is 0 Å². The largest absolute Gasteiger partial charge is 0.336 e. The second kappa shape index (κ2) is 7.85. The Hall–Kier alpha value is -1.47. The van der Waals surface area contributed by atoms with Gasteiger partial charge in [-0.1, -0.05) is 0 Å². The second-order valence-electron chi connectivity index (χ2n) is 4.01. The minimum Gasteiger partial charge on any atom is -0.336 e. The number of halogens is 1. The summed E-state index contributed by atoms with van der Waals surface area (Å²) in [5, 5.41) is 5.52. The molecule has 0 aromatic carbocycles. The number of aromatic nitrogens is 1. The molecule has 0 saturated carbocycles. The van der Waals surface area contributed by atoms with Gasteiger partial charge < -0.3 is 15.5 Å². The molecule has 1 aromatic rings. The lowest BCUT2D eigenvalue weighted by atomic mass is 10.3. The summed E-state index contributed by atoms with van der Waals surface area (Å²) in [5.74, 6) is 0.118. The number of hydrogen-bond acceptors (Lipinski definition) is 4. The molecular weight excluding hydrogens is 312 g/mol. The van der Waals surface area contributed by atoms with Gasteiger partial charge in [-0.05, 0) is 35.1 Å². The summed E-state index contributed by atoms with van der Waals surface area (Å²) in [7, 11) is 3.38. The third kappa shape index (κ3) is 5.80. The third-order valence-corrected chi connectivity index (χ3v) is 2.86. The van der Waals surface area contributed by atoms with Crippen LogP contribution in [-0.2, 0) is 9.59 Å². The Bertz CT molecular complexity index is 436. The lowest BCUT2D eigenvalue weighted by molar-refractivity contribution is -0.133. The molecule has 0 saturated heterocycles. The molecule has 0 aliphatic carbocycles. The van der Waals surface area contributed by atoms with Crippen molar-refractivity contribution in [3.05, 3.63) is 22.8 Å². The molecule has 7 heteroatoms. The lowest BCUT2D eigenvalue weighted by Crippen LogP contribution is -2.36. The highest BCUT2D eigenvalue weighted by atomic mass is 79.9. The monoisotopic (exact) mass is 328 g/mol. The van der Waals surface area contributed by atoms with E-state index in [0.717, 1.165) is 4.47 Å². The second-order valence-corrected chi connectivity index (χ2v) is 4.93. The fourth-order valence-corrected chi connectivity index (χ4v) is 1.59. The summed E-state index contributed by atoms with van der Waals surface area (Å²) in [6.07, 6.45) is 1.97. The molecule has 0 aliphatic rings. The van der Waals surface area contributed by atoms with Gasteiger partial charge in [0, 0.05) is 30.7 Å². The third-order valence-electron chi connectivity index (χ3n) is 2.39. The zero-order valence-corrected chi connectivity index (χ0v) is 12.5. The predicted octanol–water partition coefficient (Wildman–Crippen LogP) is 0.850. The van der Waals surface area contributed by atoms with Crippen LogP contribution in [-0.4, -0.2) is 48.9 Å². The van der Waals surface area contributed by atoms with Crippen LogP contribution in [0.2, 0.25) is 0 Å². The first-order valence-electron chi connectivity index (χ1n) is 5.83. The van der Waals surface area contributed by atoms with Gasteiger partial charge in [0.15, 0.2) is 0 Å². The van der Waals surface area contributed by atoms with Gasteiger partial charge in [-0.3, -0.25) is 9.59 Å². The Morgan fingerprint density at radius 2 is 2.16 bits per heavy atom. The van der Waals surface area contributed by atoms with Gasteiger partial charge in [0.05, 0.1) is 6.54 Å². The van der Waals surface area contributed by atoms with Crippen LogP contribution < -0.4 is 10.6 Å². The number of likely N-dealkylation sites (N-methyl/N-ethyl adjacent to an activating group) is 1. The standard InChI is InChI=1S/C12H17BrN4O2/c1-14-6-5-12(19)17(2)8-11(18)16-10-4-3-9(13)7-15-10/h3-4,7,14H,5-6,8H2,1-2H3,(H,15,16,18). The number of rotatable bonds is 6. The smallest absolute Gasteiger partial charge is 0.245 e. The maximum absolute atomic E-state index is 11.7. The average Bonchev–Trinajstić information content (AvgIpc) is 2.38. The lowest BCUT2D eigenvalue weighted by Gasteiger charge is -2.16. The number of hydrogen-bond donors (Lipinski definition) is 2. The van der Waals surface area contributed by atoms with Gasteiger partial charge in [-0.15, -0.1) is 0 Å². The molecule has 2 N–H and O–H groups in total. The summed E-state index contributed by atoms with van der Waals surface area (Å²) < 4.78 is 0.838. The minimum atomic E-state index is -0.268. The van der Waals surface area contributed by atoms with E-state index in [4.69, 9.17) is 0 Å². The first kappa shape index (κ1) is 15.6. The molecule has 2 amide bonds. The minimum absolute atomic E-state index is 0.0142. The van der Waals surface area contributed by atoms with Crippen LogP contribution in [0.4, 0.5) is 5.82 Å². The van der Waals surface area contributed by atoms with E-state index in [1.54, 1.807) is 32.4 Å². The molecule has 1 rings (SSSR count). The van der Waals surface area contributed by atoms with Crippen LogP contribution in [0.1, 0.15) is 6.42 Å². The molecule has 104 valence electrons. The summed E-state index contributed by atoms with van der Waals surface area (Å²) in [6, 6.07) is 3.47. The fourth-order valence-electron chi connectivity index (χ4n) is 1.36. The highest BCUT2D eigenvalue weighted by Crippen LogP contribution is 2.10. The zero-order valence-electron chi connectivity index (χ0n) is 10.9. The molecule has 0 spiro atoms. The molecule has 0 atom stereocenters. The first-order chi connectivity index (χ1) is 9.02. The number of nitrogens with one attached hydrogen (secondary N) is 2. The normalized spacial score (nSPS) is 10.1. The van der Waals surface area contributed by atoms with Crippen LogP contribution in [0.3, 0.4) is 0 Å². The van der Waals surface area contributed by atoms with Crippen molar-refractivity contribution in [3.8, 4) is 0 Å². The molecule has 0 aliphatic heterocycles. The number of carbonyl (C=O) groups excluding carboxylic acids is 2. The van der Waals surface area contributed by atoms with Crippen LogP contribution in [0.25, 0.3) is 0 Å². The van der Waals surface area contributed by atoms with Gasteiger partial charge in [0.2, 0.25) is 11.8 Å². The number of pyridine rings is 1. The van der Waals surface area contributed by atoms with Crippen molar-refractivity contribution in [2.24, 2.45) is 0 Å². The average molecular weight is 329 g/mol. The van der Waals surface area contributed by atoms with E-state index in [1.807, 2.05) is 0 Å². The summed E-state index contributed by atoms with van der Waals surface area (Å²) in [5.41, 5.74) is 0. The Kier molecular flexibility index (Phi) is 6.44. The molecule has 1 heterocycles. The zero-order chi connectivity index (χ0) is 14.3.